The van der Waals surface area contributed by atoms with Crippen LogP contribution in [0.5, 0.6) is 0 Å². The quantitative estimate of drug-likeness (QED) is 0.176. The van der Waals surface area contributed by atoms with Crippen LogP contribution in [0.1, 0.15) is 0 Å². The van der Waals surface area contributed by atoms with Crippen molar-refractivity contribution in [3.63, 3.8) is 0 Å². The Morgan fingerprint density at radius 3 is 2.06 bits per heavy atom. The lowest BCUT2D eigenvalue weighted by Crippen LogP contribution is -2.49. The van der Waals surface area contributed by atoms with E-state index in [1.807, 2.05) is 0 Å². The average Bonchev–Trinajstić information content (AvgIpc) is 3.81. The zero-order valence-electron chi connectivity index (χ0n) is 28.2. The van der Waals surface area contributed by atoms with Gasteiger partial charge in [0.1, 0.15) is 19.2 Å². The molecule has 4 nitrogen and oxygen atoms in total. The topological polar surface area (TPSA) is 43.9 Å². The largest absolute Gasteiger partial charge is 0.455 e. The monoisotopic (exact) mass is 669 g/mol. The summed E-state index contributed by atoms with van der Waals surface area (Å²) in [5, 5.41) is 8.36. The highest BCUT2D eigenvalue weighted by molar-refractivity contribution is 7.05. The van der Waals surface area contributed by atoms with Crippen molar-refractivity contribution in [1.29, 1.82) is 0 Å². The van der Waals surface area contributed by atoms with Crippen LogP contribution in [0.3, 0.4) is 0 Å². The van der Waals surface area contributed by atoms with Crippen molar-refractivity contribution in [2.75, 3.05) is 0 Å². The first kappa shape index (κ1) is 28.5. The highest BCUT2D eigenvalue weighted by Gasteiger charge is 2.39. The Morgan fingerprint density at radius 2 is 1.20 bits per heavy atom. The number of para-hydroxylation sites is 3. The number of furan rings is 1. The van der Waals surface area contributed by atoms with Crippen molar-refractivity contribution < 1.29 is 4.42 Å². The SMILES string of the molecule is C[Si]1(C)c2ccccc2-c2ccc3c(-c4ccccc4)nc(-c4cccc5c4oc4c5ccc5c4c4ccccc4n5-c4ccccc4)nc3c21. The van der Waals surface area contributed by atoms with Crippen molar-refractivity contribution in [3.05, 3.63) is 152 Å². The van der Waals surface area contributed by atoms with Gasteiger partial charge in [-0.1, -0.05) is 128 Å². The molecule has 7 aromatic carbocycles. The molecule has 5 heteroatoms. The summed E-state index contributed by atoms with van der Waals surface area (Å²) in [5.74, 6) is 0.683. The summed E-state index contributed by atoms with van der Waals surface area (Å²) >= 11 is 0. The maximum Gasteiger partial charge on any atom is 0.164 e. The fraction of sp³-hybridized carbons (Fsp3) is 0.0435. The molecule has 0 atom stereocenters. The smallest absolute Gasteiger partial charge is 0.164 e. The van der Waals surface area contributed by atoms with Crippen LogP contribution in [0.4, 0.5) is 0 Å². The first-order chi connectivity index (χ1) is 25.1. The second kappa shape index (κ2) is 10.4. The van der Waals surface area contributed by atoms with E-state index < -0.39 is 8.07 Å². The summed E-state index contributed by atoms with van der Waals surface area (Å²) in [7, 11) is -2.07. The number of hydrogen-bond donors (Lipinski definition) is 0. The third-order valence-corrected chi connectivity index (χ3v) is 14.5. The first-order valence-corrected chi connectivity index (χ1v) is 20.5. The summed E-state index contributed by atoms with van der Waals surface area (Å²) in [5.41, 5.74) is 11.7. The van der Waals surface area contributed by atoms with Crippen LogP contribution in [-0.2, 0) is 0 Å². The van der Waals surface area contributed by atoms with E-state index in [-0.39, 0.29) is 0 Å². The number of fused-ring (bicyclic) bond motifs is 12. The number of benzene rings is 7. The lowest BCUT2D eigenvalue weighted by Gasteiger charge is -2.21. The fourth-order valence-corrected chi connectivity index (χ4v) is 12.1. The second-order valence-electron chi connectivity index (χ2n) is 14.1. The van der Waals surface area contributed by atoms with Crippen LogP contribution in [0, 0.1) is 0 Å². The lowest BCUT2D eigenvalue weighted by atomic mass is 10.0. The van der Waals surface area contributed by atoms with E-state index in [1.165, 1.54) is 21.5 Å². The van der Waals surface area contributed by atoms with E-state index in [9.17, 15) is 0 Å². The maximum absolute atomic E-state index is 7.07. The number of nitrogens with zero attached hydrogens (tertiary/aromatic N) is 3. The summed E-state index contributed by atoms with van der Waals surface area (Å²) in [4.78, 5) is 10.9. The number of hydrogen-bond acceptors (Lipinski definition) is 3. The van der Waals surface area contributed by atoms with Gasteiger partial charge in [0, 0.05) is 32.8 Å². The summed E-state index contributed by atoms with van der Waals surface area (Å²) in [6.45, 7) is 4.91. The predicted molar refractivity (Wildman–Crippen MR) is 214 cm³/mol. The van der Waals surface area contributed by atoms with E-state index in [0.717, 1.165) is 77.2 Å². The zero-order valence-corrected chi connectivity index (χ0v) is 29.2. The fourth-order valence-electron chi connectivity index (χ4n) is 8.73. The molecule has 1 aliphatic heterocycles. The molecule has 0 aliphatic carbocycles. The van der Waals surface area contributed by atoms with E-state index >= 15 is 0 Å². The molecular weight excluding hydrogens is 639 g/mol. The van der Waals surface area contributed by atoms with Gasteiger partial charge in [0.05, 0.1) is 33.2 Å². The first-order valence-electron chi connectivity index (χ1n) is 17.5. The van der Waals surface area contributed by atoms with Crippen molar-refractivity contribution in [1.82, 2.24) is 14.5 Å². The van der Waals surface area contributed by atoms with Crippen molar-refractivity contribution in [2.24, 2.45) is 0 Å². The van der Waals surface area contributed by atoms with E-state index in [2.05, 4.69) is 169 Å². The third kappa shape index (κ3) is 3.89. The normalized spacial score (nSPS) is 13.5. The van der Waals surface area contributed by atoms with E-state index in [4.69, 9.17) is 14.4 Å². The van der Waals surface area contributed by atoms with Gasteiger partial charge in [-0.15, -0.1) is 0 Å². The van der Waals surface area contributed by atoms with Crippen LogP contribution >= 0.6 is 0 Å². The Kier molecular flexibility index (Phi) is 5.79. The maximum atomic E-state index is 7.07. The molecule has 10 aromatic rings. The summed E-state index contributed by atoms with van der Waals surface area (Å²) < 4.78 is 9.40. The Balaban J connectivity index is 1.23. The van der Waals surface area contributed by atoms with Gasteiger partial charge in [-0.3, -0.25) is 0 Å². The molecular formula is C46H31N3OSi. The molecule has 51 heavy (non-hydrogen) atoms. The van der Waals surface area contributed by atoms with Crippen LogP contribution in [0.2, 0.25) is 13.1 Å². The number of aromatic nitrogens is 3. The van der Waals surface area contributed by atoms with Crippen molar-refractivity contribution in [3.8, 4) is 39.5 Å². The molecule has 11 rings (SSSR count). The molecule has 1 aliphatic rings. The van der Waals surface area contributed by atoms with Gasteiger partial charge in [0.2, 0.25) is 0 Å². The molecule has 0 N–H and O–H groups in total. The van der Waals surface area contributed by atoms with Gasteiger partial charge in [-0.2, -0.15) is 0 Å². The average molecular weight is 670 g/mol. The Hall–Kier alpha value is -6.30. The standard InChI is InChI=1S/C46H31N3OSi/c1-51(2)39-23-12-10-18-30(39)33-24-25-35-41(28-14-5-3-6-15-28)47-46(48-42(35)45(33)51)36-21-13-20-31-32-26-27-38-40(44(32)50-43(31)36)34-19-9-11-22-37(34)49(38)29-16-7-4-8-17-29/h3-27H,1-2H3. The minimum atomic E-state index is -2.07. The van der Waals surface area contributed by atoms with Crippen molar-refractivity contribution in [2.45, 2.75) is 13.1 Å². The van der Waals surface area contributed by atoms with Crippen molar-refractivity contribution >= 4 is 73.1 Å². The molecule has 0 fully saturated rings. The third-order valence-electron chi connectivity index (χ3n) is 11.0. The minimum absolute atomic E-state index is 0.683. The second-order valence-corrected chi connectivity index (χ2v) is 18.4. The molecule has 0 unspecified atom stereocenters. The molecule has 0 spiro atoms. The zero-order chi connectivity index (χ0) is 33.8. The van der Waals surface area contributed by atoms with Gasteiger partial charge in [0.25, 0.3) is 0 Å². The molecule has 0 saturated heterocycles. The van der Waals surface area contributed by atoms with Gasteiger partial charge in [-0.25, -0.2) is 9.97 Å². The highest BCUT2D eigenvalue weighted by Crippen LogP contribution is 2.43. The summed E-state index contributed by atoms with van der Waals surface area (Å²) in [6, 6.07) is 54.0. The molecule has 0 radical (unpaired) electrons. The van der Waals surface area contributed by atoms with E-state index in [1.54, 1.807) is 0 Å². The van der Waals surface area contributed by atoms with Gasteiger partial charge in [0.15, 0.2) is 5.82 Å². The predicted octanol–water partition coefficient (Wildman–Crippen LogP) is 10.8. The van der Waals surface area contributed by atoms with Gasteiger partial charge < -0.3 is 8.98 Å². The highest BCUT2D eigenvalue weighted by atomic mass is 28.3. The molecule has 240 valence electrons. The van der Waals surface area contributed by atoms with Gasteiger partial charge in [-0.05, 0) is 57.9 Å². The Labute approximate surface area is 295 Å². The molecule has 3 aromatic heterocycles. The number of rotatable bonds is 3. The van der Waals surface area contributed by atoms with Gasteiger partial charge >= 0.3 is 0 Å². The minimum Gasteiger partial charge on any atom is -0.455 e. The lowest BCUT2D eigenvalue weighted by molar-refractivity contribution is 0.673. The van der Waals surface area contributed by atoms with Crippen LogP contribution in [-0.4, -0.2) is 22.6 Å². The molecule has 0 amide bonds. The van der Waals surface area contributed by atoms with Crippen LogP contribution < -0.4 is 10.4 Å². The van der Waals surface area contributed by atoms with E-state index in [0.29, 0.717) is 5.82 Å². The molecule has 0 saturated carbocycles. The Bertz CT molecular complexity index is 3050. The molecule has 0 bridgehead atoms. The Morgan fingerprint density at radius 1 is 0.510 bits per heavy atom. The molecule has 4 heterocycles. The van der Waals surface area contributed by atoms with Crippen LogP contribution in [0.25, 0.3) is 94.1 Å². The van der Waals surface area contributed by atoms with Crippen LogP contribution in [0.15, 0.2) is 156 Å². The summed E-state index contributed by atoms with van der Waals surface area (Å²) in [6.07, 6.45) is 0.